The summed E-state index contributed by atoms with van der Waals surface area (Å²) in [4.78, 5) is 0. The number of hydrogen-bond acceptors (Lipinski definition) is 4. The zero-order valence-corrected chi connectivity index (χ0v) is 14.1. The molecule has 1 N–H and O–H groups in total. The van der Waals surface area contributed by atoms with Crippen molar-refractivity contribution in [1.82, 2.24) is 0 Å². The molecule has 2 heterocycles. The average molecular weight is 359 g/mol. The fourth-order valence-corrected chi connectivity index (χ4v) is 3.83. The fourth-order valence-electron chi connectivity index (χ4n) is 3.55. The number of hydrogen-bond donors (Lipinski definition) is 1. The van der Waals surface area contributed by atoms with Crippen molar-refractivity contribution in [3.05, 3.63) is 63.9 Å². The molecule has 2 aliphatic heterocycles. The van der Waals surface area contributed by atoms with Crippen molar-refractivity contribution in [2.75, 3.05) is 18.5 Å². The Balaban J connectivity index is 1.80. The van der Waals surface area contributed by atoms with Gasteiger partial charge in [-0.2, -0.15) is 5.26 Å². The van der Waals surface area contributed by atoms with Crippen LogP contribution < -0.4 is 5.32 Å². The maximum Gasteiger partial charge on any atom is 0.130 e. The smallest absolute Gasteiger partial charge is 0.130 e. The summed E-state index contributed by atoms with van der Waals surface area (Å²) in [6, 6.07) is 12.1. The first-order chi connectivity index (χ1) is 12.2. The minimum absolute atomic E-state index is 0.327. The lowest BCUT2D eigenvalue weighted by molar-refractivity contribution is -0.151. The quantitative estimate of drug-likeness (QED) is 0.875. The van der Waals surface area contributed by atoms with E-state index >= 15 is 0 Å². The van der Waals surface area contributed by atoms with E-state index in [4.69, 9.17) is 26.3 Å². The SMILES string of the molecule is N#CCc1ccc2c(c1)C1OCCOC1C(c1c(F)cccc1Cl)N2. The second-order valence-electron chi connectivity index (χ2n) is 6.14. The Bertz CT molecular complexity index is 832. The van der Waals surface area contributed by atoms with Crippen LogP contribution in [-0.4, -0.2) is 19.3 Å². The minimum atomic E-state index is -0.451. The van der Waals surface area contributed by atoms with Crippen LogP contribution in [0.3, 0.4) is 0 Å². The molecule has 1 fully saturated rings. The molecule has 1 saturated heterocycles. The predicted octanol–water partition coefficient (Wildman–Crippen LogP) is 4.17. The van der Waals surface area contributed by atoms with Crippen LogP contribution in [0.15, 0.2) is 36.4 Å². The number of halogens is 2. The lowest BCUT2D eigenvalue weighted by atomic mass is 9.86. The Hall–Kier alpha value is -2.13. The van der Waals surface area contributed by atoms with Gasteiger partial charge in [-0.1, -0.05) is 23.7 Å². The van der Waals surface area contributed by atoms with Gasteiger partial charge in [0.1, 0.15) is 18.0 Å². The third-order valence-electron chi connectivity index (χ3n) is 4.65. The number of fused-ring (bicyclic) bond motifs is 3. The molecule has 6 heteroatoms. The molecule has 25 heavy (non-hydrogen) atoms. The normalized spacial score (nSPS) is 24.6. The molecule has 0 aliphatic carbocycles. The van der Waals surface area contributed by atoms with E-state index in [0.717, 1.165) is 16.8 Å². The summed E-state index contributed by atoms with van der Waals surface area (Å²) < 4.78 is 26.4. The molecule has 0 radical (unpaired) electrons. The summed E-state index contributed by atoms with van der Waals surface area (Å²) in [5.41, 5.74) is 3.08. The Morgan fingerprint density at radius 2 is 2.08 bits per heavy atom. The van der Waals surface area contributed by atoms with Crippen LogP contribution in [-0.2, 0) is 15.9 Å². The summed E-state index contributed by atoms with van der Waals surface area (Å²) in [5, 5.41) is 12.6. The van der Waals surface area contributed by atoms with Gasteiger partial charge in [-0.15, -0.1) is 0 Å². The van der Waals surface area contributed by atoms with Gasteiger partial charge in [-0.3, -0.25) is 0 Å². The molecular weight excluding hydrogens is 343 g/mol. The summed E-state index contributed by atoms with van der Waals surface area (Å²) >= 11 is 6.28. The van der Waals surface area contributed by atoms with Crippen molar-refractivity contribution in [1.29, 1.82) is 5.26 Å². The molecule has 2 aromatic carbocycles. The Kier molecular flexibility index (Phi) is 4.34. The molecule has 0 bridgehead atoms. The van der Waals surface area contributed by atoms with Crippen molar-refractivity contribution < 1.29 is 13.9 Å². The van der Waals surface area contributed by atoms with Gasteiger partial charge in [0.15, 0.2) is 0 Å². The van der Waals surface area contributed by atoms with E-state index in [1.807, 2.05) is 18.2 Å². The molecule has 3 atom stereocenters. The second kappa shape index (κ2) is 6.64. The van der Waals surface area contributed by atoms with E-state index in [1.165, 1.54) is 6.07 Å². The molecule has 0 spiro atoms. The highest BCUT2D eigenvalue weighted by atomic mass is 35.5. The van der Waals surface area contributed by atoms with E-state index in [0.29, 0.717) is 30.2 Å². The van der Waals surface area contributed by atoms with Crippen LogP contribution in [0.4, 0.5) is 10.1 Å². The zero-order chi connectivity index (χ0) is 17.4. The maximum absolute atomic E-state index is 14.5. The number of ether oxygens (including phenoxy) is 2. The van der Waals surface area contributed by atoms with Crippen LogP contribution >= 0.6 is 11.6 Å². The van der Waals surface area contributed by atoms with Crippen molar-refractivity contribution in [3.8, 4) is 6.07 Å². The number of benzene rings is 2. The lowest BCUT2D eigenvalue weighted by Gasteiger charge is -2.43. The summed E-state index contributed by atoms with van der Waals surface area (Å²) in [5.74, 6) is -0.373. The second-order valence-corrected chi connectivity index (χ2v) is 6.55. The van der Waals surface area contributed by atoms with Crippen molar-refractivity contribution in [3.63, 3.8) is 0 Å². The maximum atomic E-state index is 14.5. The first-order valence-electron chi connectivity index (χ1n) is 8.12. The Labute approximate surface area is 150 Å². The van der Waals surface area contributed by atoms with Gasteiger partial charge in [0, 0.05) is 21.8 Å². The van der Waals surface area contributed by atoms with Gasteiger partial charge in [0.05, 0.1) is 31.7 Å². The Morgan fingerprint density at radius 3 is 2.88 bits per heavy atom. The van der Waals surface area contributed by atoms with Gasteiger partial charge in [0.25, 0.3) is 0 Å². The predicted molar refractivity (Wildman–Crippen MR) is 92.0 cm³/mol. The number of nitrogens with zero attached hydrogens (tertiary/aromatic N) is 1. The van der Waals surface area contributed by atoms with Gasteiger partial charge in [-0.25, -0.2) is 4.39 Å². The van der Waals surface area contributed by atoms with E-state index in [1.54, 1.807) is 12.1 Å². The lowest BCUT2D eigenvalue weighted by Crippen LogP contribution is -2.43. The number of rotatable bonds is 2. The van der Waals surface area contributed by atoms with Crippen LogP contribution in [0, 0.1) is 17.1 Å². The van der Waals surface area contributed by atoms with E-state index in [2.05, 4.69) is 11.4 Å². The van der Waals surface area contributed by atoms with Crippen molar-refractivity contribution >= 4 is 17.3 Å². The topological polar surface area (TPSA) is 54.3 Å². The third kappa shape index (κ3) is 2.87. The van der Waals surface area contributed by atoms with Gasteiger partial charge < -0.3 is 14.8 Å². The molecule has 0 aromatic heterocycles. The van der Waals surface area contributed by atoms with Gasteiger partial charge >= 0.3 is 0 Å². The highest BCUT2D eigenvalue weighted by Crippen LogP contribution is 2.46. The molecule has 3 unspecified atom stereocenters. The third-order valence-corrected chi connectivity index (χ3v) is 4.97. The largest absolute Gasteiger partial charge is 0.375 e. The highest BCUT2D eigenvalue weighted by molar-refractivity contribution is 6.31. The molecule has 4 nitrogen and oxygen atoms in total. The average Bonchev–Trinajstić information content (AvgIpc) is 2.62. The molecule has 0 amide bonds. The van der Waals surface area contributed by atoms with Gasteiger partial charge in [0.2, 0.25) is 0 Å². The molecular formula is C19H16ClFN2O2. The molecule has 4 rings (SSSR count). The molecule has 128 valence electrons. The standard InChI is InChI=1S/C19H16ClFN2O2/c20-13-2-1-3-14(21)16(13)17-19-18(24-8-9-25-19)12-10-11(6-7-22)4-5-15(12)23-17/h1-5,10,17-19,23H,6,8-9H2. The first kappa shape index (κ1) is 16.3. The van der Waals surface area contributed by atoms with Crippen LogP contribution in [0.5, 0.6) is 0 Å². The van der Waals surface area contributed by atoms with Crippen molar-refractivity contribution in [2.24, 2.45) is 0 Å². The van der Waals surface area contributed by atoms with Crippen LogP contribution in [0.1, 0.15) is 28.8 Å². The summed E-state index contributed by atoms with van der Waals surface area (Å²) in [6.45, 7) is 0.916. The molecule has 2 aromatic rings. The van der Waals surface area contributed by atoms with Gasteiger partial charge in [-0.05, 0) is 29.8 Å². The number of nitriles is 1. The minimum Gasteiger partial charge on any atom is -0.375 e. The fraction of sp³-hybridized carbons (Fsp3) is 0.316. The van der Waals surface area contributed by atoms with E-state index in [-0.39, 0.29) is 11.9 Å². The van der Waals surface area contributed by atoms with E-state index in [9.17, 15) is 4.39 Å². The number of anilines is 1. The highest BCUT2D eigenvalue weighted by Gasteiger charge is 2.42. The van der Waals surface area contributed by atoms with Crippen molar-refractivity contribution in [2.45, 2.75) is 24.7 Å². The van der Waals surface area contributed by atoms with Crippen LogP contribution in [0.25, 0.3) is 0 Å². The first-order valence-corrected chi connectivity index (χ1v) is 8.50. The Morgan fingerprint density at radius 1 is 1.24 bits per heavy atom. The molecule has 0 saturated carbocycles. The zero-order valence-electron chi connectivity index (χ0n) is 13.3. The summed E-state index contributed by atoms with van der Waals surface area (Å²) in [6.07, 6.45) is -0.397. The van der Waals surface area contributed by atoms with Crippen LogP contribution in [0.2, 0.25) is 5.02 Å². The number of nitrogens with one attached hydrogen (secondary N) is 1. The monoisotopic (exact) mass is 358 g/mol. The molecule has 2 aliphatic rings. The summed E-state index contributed by atoms with van der Waals surface area (Å²) in [7, 11) is 0. The van der Waals surface area contributed by atoms with E-state index < -0.39 is 12.1 Å².